The molecule has 7 nitrogen and oxygen atoms in total. The Labute approximate surface area is 222 Å². The number of methoxy groups -OCH3 is 1. The zero-order valence-electron chi connectivity index (χ0n) is 22.4. The Morgan fingerprint density at radius 3 is 2.54 bits per heavy atom. The molecule has 0 radical (unpaired) electrons. The maximum atomic E-state index is 13.0. The van der Waals surface area contributed by atoms with Crippen molar-refractivity contribution < 1.29 is 9.53 Å². The number of piperazine rings is 1. The van der Waals surface area contributed by atoms with Crippen molar-refractivity contribution in [3.8, 4) is 5.75 Å². The first-order chi connectivity index (χ1) is 18.2. The molecule has 3 fully saturated rings. The van der Waals surface area contributed by atoms with Crippen LogP contribution in [0.15, 0.2) is 48.8 Å². The fourth-order valence-electron chi connectivity index (χ4n) is 6.55. The number of para-hydroxylation sites is 2. The number of ether oxygens (including phenoxy) is 1. The first-order valence-corrected chi connectivity index (χ1v) is 14.2. The molecule has 0 bridgehead atoms. The summed E-state index contributed by atoms with van der Waals surface area (Å²) in [6.07, 6.45) is 10.2. The molecule has 0 unspecified atom stereocenters. The van der Waals surface area contributed by atoms with Crippen LogP contribution in [0.4, 0.5) is 5.69 Å². The first-order valence-electron chi connectivity index (χ1n) is 14.2. The number of benzene rings is 1. The molecule has 0 spiro atoms. The summed E-state index contributed by atoms with van der Waals surface area (Å²) in [7, 11) is 1.75. The quantitative estimate of drug-likeness (QED) is 0.543. The normalized spacial score (nSPS) is 23.7. The van der Waals surface area contributed by atoms with E-state index < -0.39 is 0 Å². The van der Waals surface area contributed by atoms with Gasteiger partial charge in [0.2, 0.25) is 5.91 Å². The standard InChI is InChI=1S/C30H43N5O2/c1-37-29-10-4-3-9-28(29)34-20-18-33(19-21-34)27-13-17-32(23-25-8-7-14-31-22-25)24-26(27)11-12-30(36)35-15-5-2-6-16-35/h3-4,7-10,14,22,26-27H,2,5-6,11-13,15-21,23-24H2,1H3/t26-,27+/m0/s1. The van der Waals surface area contributed by atoms with Crippen LogP contribution in [0.2, 0.25) is 0 Å². The molecule has 3 aliphatic heterocycles. The molecular weight excluding hydrogens is 462 g/mol. The van der Waals surface area contributed by atoms with Gasteiger partial charge < -0.3 is 14.5 Å². The summed E-state index contributed by atoms with van der Waals surface area (Å²) in [5.74, 6) is 1.83. The molecule has 5 rings (SSSR count). The predicted molar refractivity (Wildman–Crippen MR) is 148 cm³/mol. The van der Waals surface area contributed by atoms with Crippen LogP contribution in [0.25, 0.3) is 0 Å². The van der Waals surface area contributed by atoms with Crippen molar-refractivity contribution in [2.45, 2.75) is 51.1 Å². The van der Waals surface area contributed by atoms with Gasteiger partial charge in [-0.15, -0.1) is 0 Å². The van der Waals surface area contributed by atoms with Crippen LogP contribution in [0, 0.1) is 5.92 Å². The Morgan fingerprint density at radius 1 is 0.973 bits per heavy atom. The Balaban J connectivity index is 1.22. The van der Waals surface area contributed by atoms with E-state index in [2.05, 4.69) is 48.8 Å². The molecule has 1 aromatic heterocycles. The van der Waals surface area contributed by atoms with E-state index in [4.69, 9.17) is 4.74 Å². The van der Waals surface area contributed by atoms with Gasteiger partial charge >= 0.3 is 0 Å². The van der Waals surface area contributed by atoms with Crippen LogP contribution in [-0.4, -0.2) is 91.1 Å². The maximum absolute atomic E-state index is 13.0. The van der Waals surface area contributed by atoms with E-state index in [1.54, 1.807) is 7.11 Å². The number of piperidine rings is 2. The molecule has 0 saturated carbocycles. The molecule has 1 amide bonds. The summed E-state index contributed by atoms with van der Waals surface area (Å²) in [6, 6.07) is 13.1. The number of rotatable bonds is 8. The van der Waals surface area contributed by atoms with Crippen LogP contribution < -0.4 is 9.64 Å². The average Bonchev–Trinajstić information content (AvgIpc) is 2.97. The smallest absolute Gasteiger partial charge is 0.222 e. The minimum absolute atomic E-state index is 0.365. The van der Waals surface area contributed by atoms with Crippen molar-refractivity contribution in [2.24, 2.45) is 5.92 Å². The van der Waals surface area contributed by atoms with E-state index in [0.717, 1.165) is 90.3 Å². The van der Waals surface area contributed by atoms with Gasteiger partial charge in [0.05, 0.1) is 12.8 Å². The Kier molecular flexibility index (Phi) is 8.95. The number of aromatic nitrogens is 1. The van der Waals surface area contributed by atoms with Gasteiger partial charge in [-0.1, -0.05) is 18.2 Å². The van der Waals surface area contributed by atoms with E-state index in [9.17, 15) is 4.79 Å². The summed E-state index contributed by atoms with van der Waals surface area (Å²) in [4.78, 5) is 27.2. The lowest BCUT2D eigenvalue weighted by Crippen LogP contribution is -2.56. The topological polar surface area (TPSA) is 52.2 Å². The maximum Gasteiger partial charge on any atom is 0.222 e. The molecule has 3 saturated heterocycles. The number of nitrogens with zero attached hydrogens (tertiary/aromatic N) is 5. The molecule has 1 aromatic carbocycles. The monoisotopic (exact) mass is 505 g/mol. The zero-order valence-corrected chi connectivity index (χ0v) is 22.4. The van der Waals surface area contributed by atoms with Gasteiger partial charge in [0, 0.05) is 77.2 Å². The number of amides is 1. The molecule has 200 valence electrons. The van der Waals surface area contributed by atoms with Crippen molar-refractivity contribution >= 4 is 11.6 Å². The first kappa shape index (κ1) is 26.0. The predicted octanol–water partition coefficient (Wildman–Crippen LogP) is 3.90. The summed E-state index contributed by atoms with van der Waals surface area (Å²) in [5.41, 5.74) is 2.47. The number of hydrogen-bond acceptors (Lipinski definition) is 6. The highest BCUT2D eigenvalue weighted by atomic mass is 16.5. The van der Waals surface area contributed by atoms with Crippen LogP contribution >= 0.6 is 0 Å². The van der Waals surface area contributed by atoms with E-state index in [1.807, 2.05) is 24.5 Å². The molecule has 37 heavy (non-hydrogen) atoms. The number of anilines is 1. The minimum atomic E-state index is 0.365. The highest BCUT2D eigenvalue weighted by Gasteiger charge is 2.35. The SMILES string of the molecule is COc1ccccc1N1CCN([C@@H]2CCN(Cc3cccnc3)C[C@@H]2CCC(=O)N2CCCCC2)CC1. The van der Waals surface area contributed by atoms with Crippen molar-refractivity contribution in [1.82, 2.24) is 19.7 Å². The van der Waals surface area contributed by atoms with E-state index >= 15 is 0 Å². The molecule has 2 atom stereocenters. The minimum Gasteiger partial charge on any atom is -0.495 e. The third-order valence-electron chi connectivity index (χ3n) is 8.55. The summed E-state index contributed by atoms with van der Waals surface area (Å²) < 4.78 is 5.62. The van der Waals surface area contributed by atoms with Crippen LogP contribution in [0.5, 0.6) is 5.75 Å². The number of likely N-dealkylation sites (tertiary alicyclic amines) is 2. The van der Waals surface area contributed by atoms with E-state index in [-0.39, 0.29) is 0 Å². The highest BCUT2D eigenvalue weighted by molar-refractivity contribution is 5.76. The van der Waals surface area contributed by atoms with Crippen molar-refractivity contribution in [3.63, 3.8) is 0 Å². The third-order valence-corrected chi connectivity index (χ3v) is 8.55. The lowest BCUT2D eigenvalue weighted by atomic mass is 9.86. The number of pyridine rings is 1. The number of carbonyl (C=O) groups excluding carboxylic acids is 1. The molecular formula is C30H43N5O2. The number of hydrogen-bond donors (Lipinski definition) is 0. The molecule has 0 N–H and O–H groups in total. The third kappa shape index (κ3) is 6.63. The van der Waals surface area contributed by atoms with Gasteiger partial charge in [-0.05, 0) is 68.3 Å². The van der Waals surface area contributed by atoms with E-state index in [1.165, 1.54) is 17.7 Å². The molecule has 3 aliphatic rings. The second kappa shape index (κ2) is 12.7. The number of carbonyl (C=O) groups is 1. The highest BCUT2D eigenvalue weighted by Crippen LogP contribution is 2.32. The second-order valence-corrected chi connectivity index (χ2v) is 10.9. The fourth-order valence-corrected chi connectivity index (χ4v) is 6.55. The Morgan fingerprint density at radius 2 is 1.78 bits per heavy atom. The van der Waals surface area contributed by atoms with Crippen LogP contribution in [0.3, 0.4) is 0 Å². The fraction of sp³-hybridized carbons (Fsp3) is 0.600. The zero-order chi connectivity index (χ0) is 25.5. The largest absolute Gasteiger partial charge is 0.495 e. The van der Waals surface area contributed by atoms with Gasteiger partial charge in [0.1, 0.15) is 5.75 Å². The Hall–Kier alpha value is -2.64. The van der Waals surface area contributed by atoms with Gasteiger partial charge in [-0.25, -0.2) is 0 Å². The van der Waals surface area contributed by atoms with E-state index in [0.29, 0.717) is 24.3 Å². The molecule has 4 heterocycles. The van der Waals surface area contributed by atoms with Gasteiger partial charge in [-0.3, -0.25) is 19.6 Å². The van der Waals surface area contributed by atoms with Gasteiger partial charge in [-0.2, -0.15) is 0 Å². The lowest BCUT2D eigenvalue weighted by Gasteiger charge is -2.47. The van der Waals surface area contributed by atoms with Gasteiger partial charge in [0.25, 0.3) is 0 Å². The van der Waals surface area contributed by atoms with Crippen LogP contribution in [0.1, 0.15) is 44.1 Å². The molecule has 7 heteroatoms. The van der Waals surface area contributed by atoms with Crippen molar-refractivity contribution in [2.75, 3.05) is 64.4 Å². The average molecular weight is 506 g/mol. The van der Waals surface area contributed by atoms with Crippen LogP contribution in [-0.2, 0) is 11.3 Å². The lowest BCUT2D eigenvalue weighted by molar-refractivity contribution is -0.132. The summed E-state index contributed by atoms with van der Waals surface area (Å²) in [6.45, 7) is 9.13. The van der Waals surface area contributed by atoms with Gasteiger partial charge in [0.15, 0.2) is 0 Å². The second-order valence-electron chi connectivity index (χ2n) is 10.9. The molecule has 0 aliphatic carbocycles. The van der Waals surface area contributed by atoms with Crippen molar-refractivity contribution in [3.05, 3.63) is 54.4 Å². The summed E-state index contributed by atoms with van der Waals surface area (Å²) >= 11 is 0. The molecule has 2 aromatic rings. The summed E-state index contributed by atoms with van der Waals surface area (Å²) in [5, 5.41) is 0. The Bertz CT molecular complexity index is 988. The van der Waals surface area contributed by atoms with Crippen molar-refractivity contribution in [1.29, 1.82) is 0 Å².